The Kier molecular flexibility index (Phi) is 5.14. The maximum absolute atomic E-state index is 13.8. The number of fused-ring (bicyclic) bond motifs is 1. The summed E-state index contributed by atoms with van der Waals surface area (Å²) in [6.45, 7) is 2.63. The van der Waals surface area contributed by atoms with E-state index in [1.54, 1.807) is 22.3 Å². The maximum Gasteiger partial charge on any atom is 0.261 e. The molecule has 1 aliphatic rings. The lowest BCUT2D eigenvalue weighted by atomic mass is 10.0. The van der Waals surface area contributed by atoms with Crippen molar-refractivity contribution in [2.75, 3.05) is 11.3 Å². The summed E-state index contributed by atoms with van der Waals surface area (Å²) < 4.78 is 41.0. The van der Waals surface area contributed by atoms with Gasteiger partial charge in [0.15, 0.2) is 0 Å². The average molecular weight is 431 g/mol. The van der Waals surface area contributed by atoms with Crippen molar-refractivity contribution < 1.29 is 17.6 Å². The number of anilines is 1. The largest absolute Gasteiger partial charge is 0.331 e. The highest BCUT2D eigenvalue weighted by Crippen LogP contribution is 2.33. The zero-order chi connectivity index (χ0) is 20.6. The Bertz CT molecular complexity index is 1160. The molecule has 0 saturated carbocycles. The number of benzene rings is 2. The van der Waals surface area contributed by atoms with E-state index in [0.717, 1.165) is 6.42 Å². The normalized spacial score (nSPS) is 16.3. The molecule has 1 aromatic heterocycles. The van der Waals surface area contributed by atoms with Gasteiger partial charge in [0.05, 0.1) is 16.6 Å². The fourth-order valence-corrected chi connectivity index (χ4v) is 5.51. The van der Waals surface area contributed by atoms with E-state index in [-0.39, 0.29) is 22.5 Å². The highest BCUT2D eigenvalue weighted by molar-refractivity contribution is 7.92. The fourth-order valence-electron chi connectivity index (χ4n) is 3.48. The van der Waals surface area contributed by atoms with Gasteiger partial charge in [-0.3, -0.25) is 9.52 Å². The molecule has 150 valence electrons. The highest BCUT2D eigenvalue weighted by Gasteiger charge is 2.29. The molecule has 0 bridgehead atoms. The molecule has 0 spiro atoms. The van der Waals surface area contributed by atoms with Crippen LogP contribution in [0.25, 0.3) is 0 Å². The van der Waals surface area contributed by atoms with Crippen LogP contribution in [0.1, 0.15) is 33.8 Å². The Labute approximate surface area is 172 Å². The third kappa shape index (κ3) is 3.77. The van der Waals surface area contributed by atoms with Gasteiger partial charge in [0.25, 0.3) is 15.9 Å². The Balaban J connectivity index is 1.53. The molecule has 1 atom stereocenters. The molecular weight excluding hydrogens is 411 g/mol. The summed E-state index contributed by atoms with van der Waals surface area (Å²) in [4.78, 5) is 16.0. The minimum Gasteiger partial charge on any atom is -0.331 e. The first-order valence-corrected chi connectivity index (χ1v) is 11.5. The third-order valence-corrected chi connectivity index (χ3v) is 7.45. The van der Waals surface area contributed by atoms with Crippen LogP contribution in [-0.2, 0) is 16.4 Å². The number of amides is 1. The van der Waals surface area contributed by atoms with Gasteiger partial charge in [0.2, 0.25) is 0 Å². The van der Waals surface area contributed by atoms with E-state index in [1.165, 1.54) is 52.9 Å². The molecule has 5 nitrogen and oxygen atoms in total. The SMILES string of the molecule is CC1c2ccsc2CCN1C(=O)c1ccc(S(=O)(=O)Nc2ccccc2F)cc1. The van der Waals surface area contributed by atoms with E-state index in [9.17, 15) is 17.6 Å². The van der Waals surface area contributed by atoms with Crippen LogP contribution in [-0.4, -0.2) is 25.8 Å². The highest BCUT2D eigenvalue weighted by atomic mass is 32.2. The molecule has 2 heterocycles. The van der Waals surface area contributed by atoms with Crippen LogP contribution in [0.4, 0.5) is 10.1 Å². The number of hydrogen-bond acceptors (Lipinski definition) is 4. The second-order valence-electron chi connectivity index (χ2n) is 6.83. The number of rotatable bonds is 4. The van der Waals surface area contributed by atoms with Crippen molar-refractivity contribution in [1.82, 2.24) is 4.90 Å². The molecule has 29 heavy (non-hydrogen) atoms. The molecule has 1 unspecified atom stereocenters. The summed E-state index contributed by atoms with van der Waals surface area (Å²) in [7, 11) is -3.96. The van der Waals surface area contributed by atoms with Crippen molar-refractivity contribution in [3.05, 3.63) is 81.8 Å². The van der Waals surface area contributed by atoms with Gasteiger partial charge >= 0.3 is 0 Å². The molecule has 2 aromatic carbocycles. The number of nitrogens with zero attached hydrogens (tertiary/aromatic N) is 1. The van der Waals surface area contributed by atoms with Crippen LogP contribution in [0.2, 0.25) is 0 Å². The topological polar surface area (TPSA) is 66.5 Å². The second-order valence-corrected chi connectivity index (χ2v) is 9.52. The number of nitrogens with one attached hydrogen (secondary N) is 1. The summed E-state index contributed by atoms with van der Waals surface area (Å²) in [6, 6.07) is 13.3. The zero-order valence-corrected chi connectivity index (χ0v) is 17.3. The summed E-state index contributed by atoms with van der Waals surface area (Å²) in [5.41, 5.74) is 1.46. The number of halogens is 1. The van der Waals surface area contributed by atoms with Gasteiger partial charge in [-0.2, -0.15) is 0 Å². The van der Waals surface area contributed by atoms with Gasteiger partial charge in [-0.25, -0.2) is 12.8 Å². The van der Waals surface area contributed by atoms with Gasteiger partial charge in [0.1, 0.15) is 5.82 Å². The van der Waals surface area contributed by atoms with Crippen molar-refractivity contribution in [2.24, 2.45) is 0 Å². The number of para-hydroxylation sites is 1. The summed E-state index contributed by atoms with van der Waals surface area (Å²) in [5.74, 6) is -0.796. The number of sulfonamides is 1. The van der Waals surface area contributed by atoms with Gasteiger partial charge in [-0.15, -0.1) is 11.3 Å². The lowest BCUT2D eigenvalue weighted by Gasteiger charge is -2.33. The summed E-state index contributed by atoms with van der Waals surface area (Å²) in [6.07, 6.45) is 0.822. The van der Waals surface area contributed by atoms with Crippen LogP contribution in [0, 0.1) is 5.82 Å². The first-order chi connectivity index (χ1) is 13.9. The molecule has 1 amide bonds. The van der Waals surface area contributed by atoms with Gasteiger partial charge in [0, 0.05) is 17.0 Å². The van der Waals surface area contributed by atoms with E-state index in [0.29, 0.717) is 12.1 Å². The van der Waals surface area contributed by atoms with Crippen molar-refractivity contribution in [3.63, 3.8) is 0 Å². The maximum atomic E-state index is 13.8. The van der Waals surface area contributed by atoms with Crippen LogP contribution in [0.15, 0.2) is 64.9 Å². The van der Waals surface area contributed by atoms with Crippen LogP contribution >= 0.6 is 11.3 Å². The van der Waals surface area contributed by atoms with E-state index in [2.05, 4.69) is 4.72 Å². The molecule has 4 rings (SSSR count). The van der Waals surface area contributed by atoms with E-state index < -0.39 is 15.8 Å². The fraction of sp³-hybridized carbons (Fsp3) is 0.190. The predicted molar refractivity (Wildman–Crippen MR) is 111 cm³/mol. The van der Waals surface area contributed by atoms with E-state index in [1.807, 2.05) is 18.4 Å². The first-order valence-electron chi connectivity index (χ1n) is 9.11. The monoisotopic (exact) mass is 430 g/mol. The Morgan fingerprint density at radius 3 is 2.59 bits per heavy atom. The minimum atomic E-state index is -3.96. The van der Waals surface area contributed by atoms with Crippen molar-refractivity contribution >= 4 is 33.0 Å². The molecular formula is C21H19FN2O3S2. The molecule has 0 aliphatic carbocycles. The van der Waals surface area contributed by atoms with E-state index in [4.69, 9.17) is 0 Å². The number of thiophene rings is 1. The minimum absolute atomic E-state index is 0.0244. The standard InChI is InChI=1S/C21H19FN2O3S2/c1-14-17-11-13-28-20(17)10-12-24(14)21(25)15-6-8-16(9-7-15)29(26,27)23-19-5-3-2-4-18(19)22/h2-9,11,13-14,23H,10,12H2,1H3. The lowest BCUT2D eigenvalue weighted by molar-refractivity contribution is 0.0679. The van der Waals surface area contributed by atoms with Crippen molar-refractivity contribution in [3.8, 4) is 0 Å². The molecule has 0 radical (unpaired) electrons. The number of carbonyl (C=O) groups excluding carboxylic acids is 1. The molecule has 1 N–H and O–H groups in total. The Hall–Kier alpha value is -2.71. The number of hydrogen-bond donors (Lipinski definition) is 1. The Morgan fingerprint density at radius 2 is 1.86 bits per heavy atom. The first kappa shape index (κ1) is 19.6. The van der Waals surface area contributed by atoms with Crippen molar-refractivity contribution in [1.29, 1.82) is 0 Å². The molecule has 8 heteroatoms. The molecule has 3 aromatic rings. The average Bonchev–Trinajstić information content (AvgIpc) is 3.19. The quantitative estimate of drug-likeness (QED) is 0.665. The summed E-state index contributed by atoms with van der Waals surface area (Å²) >= 11 is 1.71. The molecule has 0 fully saturated rings. The molecule has 0 saturated heterocycles. The Morgan fingerprint density at radius 1 is 1.14 bits per heavy atom. The summed E-state index contributed by atoms with van der Waals surface area (Å²) in [5, 5.41) is 2.04. The predicted octanol–water partition coefficient (Wildman–Crippen LogP) is 4.45. The van der Waals surface area contributed by atoms with Gasteiger partial charge < -0.3 is 4.90 Å². The van der Waals surface area contributed by atoms with Crippen LogP contribution in [0.5, 0.6) is 0 Å². The van der Waals surface area contributed by atoms with Crippen LogP contribution < -0.4 is 4.72 Å². The zero-order valence-electron chi connectivity index (χ0n) is 15.6. The third-order valence-electron chi connectivity index (χ3n) is 5.07. The smallest absolute Gasteiger partial charge is 0.261 e. The van der Waals surface area contributed by atoms with E-state index >= 15 is 0 Å². The second kappa shape index (κ2) is 7.61. The van der Waals surface area contributed by atoms with Gasteiger partial charge in [-0.1, -0.05) is 12.1 Å². The van der Waals surface area contributed by atoms with Crippen LogP contribution in [0.3, 0.4) is 0 Å². The number of carbonyl (C=O) groups is 1. The lowest BCUT2D eigenvalue weighted by Crippen LogP contribution is -2.38. The van der Waals surface area contributed by atoms with Crippen molar-refractivity contribution in [2.45, 2.75) is 24.3 Å². The van der Waals surface area contributed by atoms with Gasteiger partial charge in [-0.05, 0) is 66.8 Å². The molecule has 1 aliphatic heterocycles.